The van der Waals surface area contributed by atoms with Crippen LogP contribution in [0.2, 0.25) is 0 Å². The maximum Gasteiger partial charge on any atom is 0.261 e. The zero-order chi connectivity index (χ0) is 19.5. The van der Waals surface area contributed by atoms with Gasteiger partial charge in [0.05, 0.1) is 30.6 Å². The molecule has 1 N–H and O–H groups in total. The van der Waals surface area contributed by atoms with Crippen molar-refractivity contribution in [2.24, 2.45) is 0 Å². The topological polar surface area (TPSA) is 71.8 Å². The number of hydrogen-bond acceptors (Lipinski definition) is 4. The first-order valence-corrected chi connectivity index (χ1v) is 8.77. The summed E-state index contributed by atoms with van der Waals surface area (Å²) in [5.41, 5.74) is 0.773. The fraction of sp³-hybridized carbons (Fsp3) is 0.143. The number of anilines is 1. The number of fused-ring (bicyclic) bond motifs is 1. The van der Waals surface area contributed by atoms with E-state index in [1.54, 1.807) is 36.4 Å². The lowest BCUT2D eigenvalue weighted by atomic mass is 10.1. The highest BCUT2D eigenvalue weighted by molar-refractivity contribution is 6.08. The molecule has 0 radical (unpaired) electrons. The molecule has 0 bridgehead atoms. The first-order valence-electron chi connectivity index (χ1n) is 8.77. The largest absolute Gasteiger partial charge is 0.490 e. The average Bonchev–Trinajstić information content (AvgIpc) is 3.24. The molecule has 28 heavy (non-hydrogen) atoms. The molecule has 2 heterocycles. The van der Waals surface area contributed by atoms with Gasteiger partial charge in [-0.1, -0.05) is 12.1 Å². The molecule has 3 aromatic rings. The van der Waals surface area contributed by atoms with Gasteiger partial charge < -0.3 is 19.4 Å². The van der Waals surface area contributed by atoms with E-state index in [-0.39, 0.29) is 31.2 Å². The van der Waals surface area contributed by atoms with Crippen LogP contribution in [0.1, 0.15) is 26.5 Å². The number of rotatable bonds is 4. The van der Waals surface area contributed by atoms with Crippen molar-refractivity contribution >= 4 is 17.5 Å². The van der Waals surface area contributed by atoms with E-state index in [0.717, 1.165) is 0 Å². The van der Waals surface area contributed by atoms with Gasteiger partial charge in [-0.3, -0.25) is 9.59 Å². The molecule has 0 unspecified atom stereocenters. The van der Waals surface area contributed by atoms with E-state index in [4.69, 9.17) is 9.15 Å². The highest BCUT2D eigenvalue weighted by Gasteiger charge is 2.27. The first kappa shape index (κ1) is 17.8. The van der Waals surface area contributed by atoms with Crippen LogP contribution in [0.25, 0.3) is 0 Å². The first-order chi connectivity index (χ1) is 13.6. The van der Waals surface area contributed by atoms with Gasteiger partial charge in [-0.2, -0.15) is 0 Å². The van der Waals surface area contributed by atoms with Crippen molar-refractivity contribution in [2.45, 2.75) is 6.54 Å². The van der Waals surface area contributed by atoms with E-state index in [9.17, 15) is 14.0 Å². The van der Waals surface area contributed by atoms with E-state index in [2.05, 4.69) is 5.32 Å². The Morgan fingerprint density at radius 3 is 2.75 bits per heavy atom. The normalized spacial score (nSPS) is 12.8. The molecule has 0 spiro atoms. The van der Waals surface area contributed by atoms with Crippen LogP contribution < -0.4 is 15.0 Å². The SMILES string of the molecule is O=C(NCc1ccco1)c1ccc2c(c1)N(C(=O)c1ccccc1F)CCO2. The molecule has 1 aromatic heterocycles. The molecule has 0 saturated heterocycles. The Labute approximate surface area is 160 Å². The van der Waals surface area contributed by atoms with Crippen molar-refractivity contribution in [3.63, 3.8) is 0 Å². The van der Waals surface area contributed by atoms with Crippen LogP contribution in [0.3, 0.4) is 0 Å². The van der Waals surface area contributed by atoms with Crippen molar-refractivity contribution < 1.29 is 23.1 Å². The second-order valence-electron chi connectivity index (χ2n) is 6.23. The lowest BCUT2D eigenvalue weighted by molar-refractivity contribution is 0.0943. The highest BCUT2D eigenvalue weighted by Crippen LogP contribution is 2.33. The third-order valence-electron chi connectivity index (χ3n) is 4.44. The molecule has 0 fully saturated rings. The smallest absolute Gasteiger partial charge is 0.261 e. The van der Waals surface area contributed by atoms with Crippen LogP contribution in [0.15, 0.2) is 65.3 Å². The number of furan rings is 1. The number of hydrogen-bond donors (Lipinski definition) is 1. The fourth-order valence-electron chi connectivity index (χ4n) is 3.03. The van der Waals surface area contributed by atoms with E-state index >= 15 is 0 Å². The second kappa shape index (κ2) is 7.56. The number of amides is 2. The molecule has 7 heteroatoms. The summed E-state index contributed by atoms with van der Waals surface area (Å²) < 4.78 is 24.8. The van der Waals surface area contributed by atoms with Crippen molar-refractivity contribution in [3.8, 4) is 5.75 Å². The summed E-state index contributed by atoms with van der Waals surface area (Å²) in [5, 5.41) is 2.76. The molecular weight excluding hydrogens is 363 g/mol. The Kier molecular flexibility index (Phi) is 4.80. The lowest BCUT2D eigenvalue weighted by Crippen LogP contribution is -2.38. The molecule has 2 amide bonds. The van der Waals surface area contributed by atoms with Crippen LogP contribution in [0, 0.1) is 5.82 Å². The van der Waals surface area contributed by atoms with E-state index in [1.807, 2.05) is 0 Å². The van der Waals surface area contributed by atoms with Gasteiger partial charge in [0.25, 0.3) is 11.8 Å². The van der Waals surface area contributed by atoms with Crippen LogP contribution in [0.5, 0.6) is 5.75 Å². The lowest BCUT2D eigenvalue weighted by Gasteiger charge is -2.30. The van der Waals surface area contributed by atoms with E-state index in [1.165, 1.54) is 29.4 Å². The van der Waals surface area contributed by atoms with Gasteiger partial charge in [-0.05, 0) is 42.5 Å². The molecule has 0 atom stereocenters. The summed E-state index contributed by atoms with van der Waals surface area (Å²) in [7, 11) is 0. The van der Waals surface area contributed by atoms with Gasteiger partial charge in [0, 0.05) is 5.56 Å². The number of benzene rings is 2. The summed E-state index contributed by atoms with van der Waals surface area (Å²) in [6.45, 7) is 0.798. The summed E-state index contributed by atoms with van der Waals surface area (Å²) in [5.74, 6) is -0.281. The Balaban J connectivity index is 1.59. The van der Waals surface area contributed by atoms with Gasteiger partial charge in [0.15, 0.2) is 0 Å². The molecule has 4 rings (SSSR count). The molecule has 6 nitrogen and oxygen atoms in total. The summed E-state index contributed by atoms with van der Waals surface area (Å²) in [4.78, 5) is 26.8. The van der Waals surface area contributed by atoms with Gasteiger partial charge in [-0.15, -0.1) is 0 Å². The minimum Gasteiger partial charge on any atom is -0.490 e. The molecular formula is C21H17FN2O4. The number of ether oxygens (including phenoxy) is 1. The molecule has 1 aliphatic rings. The predicted molar refractivity (Wildman–Crippen MR) is 99.9 cm³/mol. The monoisotopic (exact) mass is 380 g/mol. The number of nitrogens with zero attached hydrogens (tertiary/aromatic N) is 1. The van der Waals surface area contributed by atoms with Crippen LogP contribution in [-0.4, -0.2) is 25.0 Å². The standard InChI is InChI=1S/C21H17FN2O4/c22-17-6-2-1-5-16(17)21(26)24-9-11-28-19-8-7-14(12-18(19)24)20(25)23-13-15-4-3-10-27-15/h1-8,10,12H,9,11,13H2,(H,23,25). The third kappa shape index (κ3) is 3.46. The molecule has 1 aliphatic heterocycles. The fourth-order valence-corrected chi connectivity index (χ4v) is 3.03. The van der Waals surface area contributed by atoms with Gasteiger partial charge >= 0.3 is 0 Å². The third-order valence-corrected chi connectivity index (χ3v) is 4.44. The van der Waals surface area contributed by atoms with E-state index in [0.29, 0.717) is 22.8 Å². The summed E-state index contributed by atoms with van der Waals surface area (Å²) in [6, 6.07) is 14.1. The van der Waals surface area contributed by atoms with Crippen molar-refractivity contribution in [1.29, 1.82) is 0 Å². The van der Waals surface area contributed by atoms with Gasteiger partial charge in [0.2, 0.25) is 0 Å². The van der Waals surface area contributed by atoms with Crippen molar-refractivity contribution in [3.05, 3.63) is 83.6 Å². The van der Waals surface area contributed by atoms with Crippen molar-refractivity contribution in [2.75, 3.05) is 18.1 Å². The van der Waals surface area contributed by atoms with Crippen molar-refractivity contribution in [1.82, 2.24) is 5.32 Å². The Bertz CT molecular complexity index is 1020. The summed E-state index contributed by atoms with van der Waals surface area (Å²) in [6.07, 6.45) is 1.53. The Morgan fingerprint density at radius 2 is 1.96 bits per heavy atom. The maximum absolute atomic E-state index is 14.1. The number of halogens is 1. The predicted octanol–water partition coefficient (Wildman–Crippen LogP) is 3.39. The molecule has 2 aromatic carbocycles. The van der Waals surface area contributed by atoms with Crippen LogP contribution >= 0.6 is 0 Å². The molecule has 142 valence electrons. The Hall–Kier alpha value is -3.61. The zero-order valence-electron chi connectivity index (χ0n) is 14.9. The average molecular weight is 380 g/mol. The van der Waals surface area contributed by atoms with Crippen LogP contribution in [-0.2, 0) is 6.54 Å². The summed E-state index contributed by atoms with van der Waals surface area (Å²) >= 11 is 0. The number of carbonyl (C=O) groups is 2. The quantitative estimate of drug-likeness (QED) is 0.753. The van der Waals surface area contributed by atoms with E-state index < -0.39 is 11.7 Å². The zero-order valence-corrected chi connectivity index (χ0v) is 14.9. The minimum absolute atomic E-state index is 0.0250. The Morgan fingerprint density at radius 1 is 1.11 bits per heavy atom. The number of carbonyl (C=O) groups excluding carboxylic acids is 2. The molecule has 0 saturated carbocycles. The second-order valence-corrected chi connectivity index (χ2v) is 6.23. The molecule has 0 aliphatic carbocycles. The number of nitrogens with one attached hydrogen (secondary N) is 1. The highest BCUT2D eigenvalue weighted by atomic mass is 19.1. The van der Waals surface area contributed by atoms with Crippen LogP contribution in [0.4, 0.5) is 10.1 Å². The maximum atomic E-state index is 14.1. The van der Waals surface area contributed by atoms with Gasteiger partial charge in [-0.25, -0.2) is 4.39 Å². The van der Waals surface area contributed by atoms with Gasteiger partial charge in [0.1, 0.15) is 23.9 Å². The minimum atomic E-state index is -0.590.